The molecule has 1 heterocycles. The van der Waals surface area contributed by atoms with Crippen molar-refractivity contribution in [1.82, 2.24) is 4.90 Å². The van der Waals surface area contributed by atoms with Gasteiger partial charge < -0.3 is 14.2 Å². The Morgan fingerprint density at radius 3 is 1.97 bits per heavy atom. The maximum Gasteiger partial charge on any atom is 0.339 e. The smallest absolute Gasteiger partial charge is 0.339 e. The zero-order valence-corrected chi connectivity index (χ0v) is 23.1. The Hall–Kier alpha value is -3.14. The van der Waals surface area contributed by atoms with Gasteiger partial charge in [0.2, 0.25) is 0 Å². The summed E-state index contributed by atoms with van der Waals surface area (Å²) in [5.41, 5.74) is 2.81. The third-order valence-electron chi connectivity index (χ3n) is 7.21. The molecule has 2 aromatic rings. The highest BCUT2D eigenvalue weighted by atomic mass is 35.5. The molecule has 0 saturated heterocycles. The lowest BCUT2D eigenvalue weighted by atomic mass is 9.71. The predicted octanol–water partition coefficient (Wildman–Crippen LogP) is 5.65. The number of carbonyl (C=O) groups excluding carboxylic acids is 2. The topological polar surface area (TPSA) is 118 Å². The summed E-state index contributed by atoms with van der Waals surface area (Å²) in [5, 5.41) is 9.17. The molecule has 2 aliphatic carbocycles. The van der Waals surface area contributed by atoms with Gasteiger partial charge in [0.05, 0.1) is 16.5 Å². The number of carboxylic acids is 1. The Balaban J connectivity index is 1.62. The van der Waals surface area contributed by atoms with Gasteiger partial charge in [0.1, 0.15) is 4.90 Å². The Kier molecular flexibility index (Phi) is 7.59. The first-order valence-electron chi connectivity index (χ1n) is 12.6. The Labute approximate surface area is 236 Å². The number of Topliss-reactive ketones (excluding diaryl/α,β-unsaturated/α-hetero) is 2. The molecular weight excluding hydrogens is 565 g/mol. The first-order valence-corrected chi connectivity index (χ1v) is 14.7. The highest BCUT2D eigenvalue weighted by molar-refractivity contribution is 7.87. The standard InChI is InChI=1S/C28H25Cl2NO7S/c29-18-14-16(15-19(30)28(18)38-39(36,37)17-6-2-1-3-7-17)25-26-20(8-4-10-22(26)32)31(13-12-24(34)35)21-9-5-11-23(33)27(21)25/h1-3,6-7,14-15,25H,4-5,8-13H2,(H,34,35). The lowest BCUT2D eigenvalue weighted by Gasteiger charge is -2.44. The molecule has 0 aromatic heterocycles. The van der Waals surface area contributed by atoms with Crippen molar-refractivity contribution in [3.63, 3.8) is 0 Å². The summed E-state index contributed by atoms with van der Waals surface area (Å²) in [6, 6.07) is 10.5. The molecule has 1 aliphatic heterocycles. The maximum absolute atomic E-state index is 13.4. The summed E-state index contributed by atoms with van der Waals surface area (Å²) < 4.78 is 30.9. The van der Waals surface area contributed by atoms with Crippen LogP contribution in [0.2, 0.25) is 10.0 Å². The molecular formula is C28H25Cl2NO7S. The van der Waals surface area contributed by atoms with Crippen molar-refractivity contribution in [3.05, 3.63) is 80.6 Å². The molecule has 0 saturated carbocycles. The summed E-state index contributed by atoms with van der Waals surface area (Å²) in [5.74, 6) is -2.20. The van der Waals surface area contributed by atoms with Gasteiger partial charge in [-0.15, -0.1) is 0 Å². The zero-order chi connectivity index (χ0) is 27.9. The number of allylic oxidation sites excluding steroid dienone is 4. The molecule has 0 unspecified atom stereocenters. The number of hydrogen-bond donors (Lipinski definition) is 1. The van der Waals surface area contributed by atoms with Gasteiger partial charge in [0.25, 0.3) is 0 Å². The van der Waals surface area contributed by atoms with E-state index in [2.05, 4.69) is 0 Å². The lowest BCUT2D eigenvalue weighted by molar-refractivity contribution is -0.137. The van der Waals surface area contributed by atoms with Crippen LogP contribution in [0.15, 0.2) is 69.9 Å². The van der Waals surface area contributed by atoms with Crippen molar-refractivity contribution in [1.29, 1.82) is 0 Å². The Morgan fingerprint density at radius 1 is 0.923 bits per heavy atom. The minimum atomic E-state index is -4.22. The molecule has 1 N–H and O–H groups in total. The van der Waals surface area contributed by atoms with Crippen LogP contribution in [-0.2, 0) is 24.5 Å². The second kappa shape index (κ2) is 10.8. The van der Waals surface area contributed by atoms with E-state index in [9.17, 15) is 27.9 Å². The quantitative estimate of drug-likeness (QED) is 0.411. The Bertz CT molecular complexity index is 1480. The Morgan fingerprint density at radius 2 is 1.46 bits per heavy atom. The molecule has 5 rings (SSSR count). The lowest BCUT2D eigenvalue weighted by Crippen LogP contribution is -2.39. The third-order valence-corrected chi connectivity index (χ3v) is 9.01. The van der Waals surface area contributed by atoms with E-state index in [1.54, 1.807) is 18.2 Å². The number of benzene rings is 2. The average molecular weight is 590 g/mol. The van der Waals surface area contributed by atoms with Crippen LogP contribution in [0, 0.1) is 0 Å². The van der Waals surface area contributed by atoms with Gasteiger partial charge in [-0.3, -0.25) is 14.4 Å². The van der Waals surface area contributed by atoms with Crippen molar-refractivity contribution in [2.75, 3.05) is 6.54 Å². The normalized spacial score (nSPS) is 18.3. The van der Waals surface area contributed by atoms with Gasteiger partial charge >= 0.3 is 16.1 Å². The number of rotatable bonds is 7. The predicted molar refractivity (Wildman–Crippen MR) is 144 cm³/mol. The number of aliphatic carboxylic acids is 1. The summed E-state index contributed by atoms with van der Waals surface area (Å²) >= 11 is 13.1. The van der Waals surface area contributed by atoms with Crippen LogP contribution in [0.25, 0.3) is 0 Å². The molecule has 0 amide bonds. The maximum atomic E-state index is 13.4. The average Bonchev–Trinajstić information content (AvgIpc) is 2.89. The number of carboxylic acid groups (broad SMARTS) is 1. The SMILES string of the molecule is O=C(O)CCN1C2=C(C(=O)CCC2)C(c2cc(Cl)c(OS(=O)(=O)c3ccccc3)c(Cl)c2)C2=C1CCCC2=O. The highest BCUT2D eigenvalue weighted by Gasteiger charge is 2.43. The molecule has 39 heavy (non-hydrogen) atoms. The summed E-state index contributed by atoms with van der Waals surface area (Å²) in [6.07, 6.45) is 2.85. The summed E-state index contributed by atoms with van der Waals surface area (Å²) in [4.78, 5) is 39.9. The van der Waals surface area contributed by atoms with Gasteiger partial charge in [-0.05, 0) is 55.5 Å². The minimum Gasteiger partial charge on any atom is -0.481 e. The summed E-state index contributed by atoms with van der Waals surface area (Å²) in [6.45, 7) is 0.159. The molecule has 0 radical (unpaired) electrons. The van der Waals surface area contributed by atoms with Gasteiger partial charge in [-0.25, -0.2) is 0 Å². The molecule has 0 bridgehead atoms. The van der Waals surface area contributed by atoms with Crippen molar-refractivity contribution < 1.29 is 32.1 Å². The fourth-order valence-corrected chi connectivity index (χ4v) is 7.26. The van der Waals surface area contributed by atoms with Crippen LogP contribution in [-0.4, -0.2) is 42.5 Å². The van der Waals surface area contributed by atoms with Crippen LogP contribution >= 0.6 is 23.2 Å². The van der Waals surface area contributed by atoms with E-state index in [-0.39, 0.29) is 45.2 Å². The van der Waals surface area contributed by atoms with E-state index in [0.717, 1.165) is 11.4 Å². The van der Waals surface area contributed by atoms with Crippen molar-refractivity contribution in [2.24, 2.45) is 0 Å². The first-order chi connectivity index (χ1) is 18.6. The van der Waals surface area contributed by atoms with Gasteiger partial charge in [-0.2, -0.15) is 8.42 Å². The molecule has 8 nitrogen and oxygen atoms in total. The van der Waals surface area contributed by atoms with Crippen LogP contribution < -0.4 is 4.18 Å². The molecule has 2 aromatic carbocycles. The number of halogens is 2. The number of ketones is 2. The molecule has 204 valence electrons. The van der Waals surface area contributed by atoms with Crippen LogP contribution in [0.1, 0.15) is 56.4 Å². The molecule has 0 fully saturated rings. The van der Waals surface area contributed by atoms with Crippen molar-refractivity contribution in [2.45, 2.75) is 55.8 Å². The monoisotopic (exact) mass is 589 g/mol. The van der Waals surface area contributed by atoms with Crippen molar-refractivity contribution >= 4 is 50.9 Å². The van der Waals surface area contributed by atoms with E-state index in [4.69, 9.17) is 27.4 Å². The van der Waals surface area contributed by atoms with Crippen LogP contribution in [0.5, 0.6) is 5.75 Å². The third kappa shape index (κ3) is 5.23. The zero-order valence-electron chi connectivity index (χ0n) is 20.8. The molecule has 11 heteroatoms. The summed E-state index contributed by atoms with van der Waals surface area (Å²) in [7, 11) is -4.22. The van der Waals surface area contributed by atoms with Gasteiger partial charge in [0.15, 0.2) is 17.3 Å². The van der Waals surface area contributed by atoms with E-state index in [1.807, 2.05) is 4.90 Å². The highest BCUT2D eigenvalue weighted by Crippen LogP contribution is 2.50. The van der Waals surface area contributed by atoms with E-state index in [0.29, 0.717) is 55.2 Å². The molecule has 0 atom stereocenters. The second-order valence-corrected chi connectivity index (χ2v) is 12.0. The molecule has 3 aliphatic rings. The van der Waals surface area contributed by atoms with Crippen molar-refractivity contribution in [3.8, 4) is 5.75 Å². The minimum absolute atomic E-state index is 0.0693. The fourth-order valence-electron chi connectivity index (χ4n) is 5.60. The largest absolute Gasteiger partial charge is 0.481 e. The first kappa shape index (κ1) is 27.4. The van der Waals surface area contributed by atoms with Crippen LogP contribution in [0.3, 0.4) is 0 Å². The number of hydrogen-bond acceptors (Lipinski definition) is 7. The fraction of sp³-hybridized carbons (Fsp3) is 0.321. The van der Waals surface area contributed by atoms with Crippen LogP contribution in [0.4, 0.5) is 0 Å². The second-order valence-electron chi connectivity index (χ2n) is 9.67. The number of nitrogens with zero attached hydrogens (tertiary/aromatic N) is 1. The van der Waals surface area contributed by atoms with E-state index < -0.39 is 22.0 Å². The van der Waals surface area contributed by atoms with E-state index >= 15 is 0 Å². The number of carbonyl (C=O) groups is 3. The van der Waals surface area contributed by atoms with Gasteiger partial charge in [0, 0.05) is 47.8 Å². The van der Waals surface area contributed by atoms with Gasteiger partial charge in [-0.1, -0.05) is 41.4 Å². The molecule has 0 spiro atoms. The van der Waals surface area contributed by atoms with E-state index in [1.165, 1.54) is 24.3 Å².